The summed E-state index contributed by atoms with van der Waals surface area (Å²) in [6.45, 7) is 4.73. The second kappa shape index (κ2) is 7.68. The molecule has 0 saturated carbocycles. The Bertz CT molecular complexity index is 579. The molecule has 0 atom stereocenters. The maximum Gasteiger partial charge on any atom is 0.415 e. The van der Waals surface area contributed by atoms with E-state index in [1.165, 1.54) is 24.3 Å². The molecule has 1 aliphatic heterocycles. The van der Waals surface area contributed by atoms with Gasteiger partial charge in [0.2, 0.25) is 0 Å². The summed E-state index contributed by atoms with van der Waals surface area (Å²) in [6.07, 6.45) is 0.0535. The number of non-ortho nitro benzene ring substituents is 1. The van der Waals surface area contributed by atoms with Gasteiger partial charge in [-0.15, -0.1) is 0 Å². The minimum atomic E-state index is -0.508. The molecular formula is C15H19N3O5. The third kappa shape index (κ3) is 5.03. The molecule has 23 heavy (non-hydrogen) atoms. The van der Waals surface area contributed by atoms with E-state index in [4.69, 9.17) is 4.74 Å². The molecule has 1 heterocycles. The average molecular weight is 321 g/mol. The number of ketones is 1. The van der Waals surface area contributed by atoms with Gasteiger partial charge in [-0.1, -0.05) is 0 Å². The molecule has 0 aliphatic carbocycles. The normalized spacial score (nSPS) is 15.3. The maximum absolute atomic E-state index is 12.1. The van der Waals surface area contributed by atoms with Crippen molar-refractivity contribution in [1.29, 1.82) is 0 Å². The first-order valence-electron chi connectivity index (χ1n) is 7.38. The van der Waals surface area contributed by atoms with Crippen molar-refractivity contribution in [2.24, 2.45) is 0 Å². The lowest BCUT2D eigenvalue weighted by Gasteiger charge is -2.33. The van der Waals surface area contributed by atoms with Crippen LogP contribution in [0.25, 0.3) is 0 Å². The van der Waals surface area contributed by atoms with Gasteiger partial charge in [0.1, 0.15) is 11.5 Å². The summed E-state index contributed by atoms with van der Waals surface area (Å²) in [5, 5.41) is 10.6. The lowest BCUT2D eigenvalue weighted by Crippen LogP contribution is -2.49. The zero-order chi connectivity index (χ0) is 16.8. The standard InChI is InChI=1S/C15H19N3O5/c1-12(19)6-7-16-8-10-17(11-9-16)15(20)23-14-4-2-13(3-5-14)18(21)22/h2-5H,6-11H2,1H3. The molecule has 0 radical (unpaired) electrons. The molecule has 1 aromatic rings. The molecule has 124 valence electrons. The van der Waals surface area contributed by atoms with Crippen LogP contribution in [0.2, 0.25) is 0 Å². The highest BCUT2D eigenvalue weighted by Gasteiger charge is 2.22. The summed E-state index contributed by atoms with van der Waals surface area (Å²) >= 11 is 0. The fourth-order valence-electron chi connectivity index (χ4n) is 2.27. The molecule has 0 bridgehead atoms. The minimum Gasteiger partial charge on any atom is -0.410 e. The molecule has 1 aliphatic rings. The van der Waals surface area contributed by atoms with Crippen LogP contribution in [0.4, 0.5) is 10.5 Å². The Hall–Kier alpha value is -2.48. The molecule has 8 nitrogen and oxygen atoms in total. The molecular weight excluding hydrogens is 302 g/mol. The summed E-state index contributed by atoms with van der Waals surface area (Å²) in [5.74, 6) is 0.435. The Morgan fingerprint density at radius 3 is 2.30 bits per heavy atom. The lowest BCUT2D eigenvalue weighted by atomic mass is 10.2. The highest BCUT2D eigenvalue weighted by Crippen LogP contribution is 2.18. The van der Waals surface area contributed by atoms with Gasteiger partial charge in [0.05, 0.1) is 4.92 Å². The maximum atomic E-state index is 12.1. The third-order valence-electron chi connectivity index (χ3n) is 3.66. The molecule has 1 saturated heterocycles. The Morgan fingerprint density at radius 1 is 1.17 bits per heavy atom. The first-order valence-corrected chi connectivity index (χ1v) is 7.38. The summed E-state index contributed by atoms with van der Waals surface area (Å²) in [6, 6.07) is 5.39. The number of piperazine rings is 1. The van der Waals surface area contributed by atoms with Crippen LogP contribution in [0.15, 0.2) is 24.3 Å². The number of hydrogen-bond acceptors (Lipinski definition) is 6. The van der Waals surface area contributed by atoms with Gasteiger partial charge in [0.15, 0.2) is 0 Å². The third-order valence-corrected chi connectivity index (χ3v) is 3.66. The van der Waals surface area contributed by atoms with Crippen molar-refractivity contribution in [3.8, 4) is 5.75 Å². The second-order valence-corrected chi connectivity index (χ2v) is 5.40. The van der Waals surface area contributed by atoms with E-state index in [9.17, 15) is 19.7 Å². The Balaban J connectivity index is 1.80. The van der Waals surface area contributed by atoms with Crippen molar-refractivity contribution in [3.63, 3.8) is 0 Å². The number of carbonyl (C=O) groups excluding carboxylic acids is 2. The Kier molecular flexibility index (Phi) is 5.64. The number of rotatable bonds is 5. The van der Waals surface area contributed by atoms with E-state index in [1.807, 2.05) is 0 Å². The number of hydrogen-bond donors (Lipinski definition) is 0. The zero-order valence-corrected chi connectivity index (χ0v) is 12.9. The molecule has 8 heteroatoms. The minimum absolute atomic E-state index is 0.0520. The quantitative estimate of drug-likeness (QED) is 0.605. The van der Waals surface area contributed by atoms with E-state index in [1.54, 1.807) is 11.8 Å². The number of carbonyl (C=O) groups is 2. The van der Waals surface area contributed by atoms with Gasteiger partial charge in [-0.25, -0.2) is 4.79 Å². The fraction of sp³-hybridized carbons (Fsp3) is 0.467. The van der Waals surface area contributed by atoms with Crippen LogP contribution >= 0.6 is 0 Å². The van der Waals surface area contributed by atoms with Crippen LogP contribution in [0.1, 0.15) is 13.3 Å². The number of Topliss-reactive ketones (excluding diaryl/α,β-unsaturated/α-hetero) is 1. The summed E-state index contributed by atoms with van der Waals surface area (Å²) in [4.78, 5) is 36.8. The van der Waals surface area contributed by atoms with Crippen LogP contribution in [-0.4, -0.2) is 59.3 Å². The van der Waals surface area contributed by atoms with Gasteiger partial charge >= 0.3 is 6.09 Å². The van der Waals surface area contributed by atoms with E-state index in [0.29, 0.717) is 39.1 Å². The van der Waals surface area contributed by atoms with Gasteiger partial charge in [0, 0.05) is 51.3 Å². The molecule has 0 unspecified atom stereocenters. The summed E-state index contributed by atoms with van der Waals surface area (Å²) < 4.78 is 5.21. The molecule has 0 aromatic heterocycles. The SMILES string of the molecule is CC(=O)CCN1CCN(C(=O)Oc2ccc([N+](=O)[O-])cc2)CC1. The van der Waals surface area contributed by atoms with Gasteiger partial charge in [-0.2, -0.15) is 0 Å². The van der Waals surface area contributed by atoms with Gasteiger partial charge in [0.25, 0.3) is 5.69 Å². The first-order chi connectivity index (χ1) is 11.0. The predicted octanol–water partition coefficient (Wildman–Crippen LogP) is 1.69. The Labute approximate surface area is 133 Å². The number of benzene rings is 1. The van der Waals surface area contributed by atoms with Crippen molar-refractivity contribution in [1.82, 2.24) is 9.80 Å². The largest absolute Gasteiger partial charge is 0.415 e. The highest BCUT2D eigenvalue weighted by molar-refractivity contribution is 5.75. The van der Waals surface area contributed by atoms with E-state index >= 15 is 0 Å². The van der Waals surface area contributed by atoms with Crippen LogP contribution in [0.5, 0.6) is 5.75 Å². The molecule has 1 amide bonds. The van der Waals surface area contributed by atoms with Crippen LogP contribution in [-0.2, 0) is 4.79 Å². The van der Waals surface area contributed by atoms with Crippen molar-refractivity contribution >= 4 is 17.6 Å². The molecule has 0 spiro atoms. The van der Waals surface area contributed by atoms with Crippen LogP contribution < -0.4 is 4.74 Å². The molecule has 0 N–H and O–H groups in total. The number of nitrogens with zero attached hydrogens (tertiary/aromatic N) is 3. The van der Waals surface area contributed by atoms with Gasteiger partial charge in [-0.05, 0) is 19.1 Å². The first kappa shape index (κ1) is 16.9. The highest BCUT2D eigenvalue weighted by atomic mass is 16.6. The second-order valence-electron chi connectivity index (χ2n) is 5.40. The fourth-order valence-corrected chi connectivity index (χ4v) is 2.27. The zero-order valence-electron chi connectivity index (χ0n) is 12.9. The van der Waals surface area contributed by atoms with Crippen molar-refractivity contribution in [3.05, 3.63) is 34.4 Å². The average Bonchev–Trinajstić information content (AvgIpc) is 2.54. The molecule has 1 aromatic carbocycles. The summed E-state index contributed by atoms with van der Waals surface area (Å²) in [7, 11) is 0. The Morgan fingerprint density at radius 2 is 1.78 bits per heavy atom. The molecule has 2 rings (SSSR count). The van der Waals surface area contributed by atoms with Crippen LogP contribution in [0, 0.1) is 10.1 Å². The van der Waals surface area contributed by atoms with E-state index < -0.39 is 11.0 Å². The predicted molar refractivity (Wildman–Crippen MR) is 82.4 cm³/mol. The number of nitro groups is 1. The van der Waals surface area contributed by atoms with Gasteiger partial charge in [-0.3, -0.25) is 19.8 Å². The van der Waals surface area contributed by atoms with E-state index in [0.717, 1.165) is 0 Å². The summed E-state index contributed by atoms with van der Waals surface area (Å²) in [5.41, 5.74) is -0.0520. The monoisotopic (exact) mass is 321 g/mol. The van der Waals surface area contributed by atoms with E-state index in [2.05, 4.69) is 4.90 Å². The smallest absolute Gasteiger partial charge is 0.410 e. The van der Waals surface area contributed by atoms with Crippen molar-refractivity contribution in [2.45, 2.75) is 13.3 Å². The number of amides is 1. The van der Waals surface area contributed by atoms with E-state index in [-0.39, 0.29) is 17.2 Å². The lowest BCUT2D eigenvalue weighted by molar-refractivity contribution is -0.384. The number of ether oxygens (including phenoxy) is 1. The van der Waals surface area contributed by atoms with Gasteiger partial charge < -0.3 is 9.64 Å². The van der Waals surface area contributed by atoms with Crippen molar-refractivity contribution < 1.29 is 19.2 Å². The van der Waals surface area contributed by atoms with Crippen LogP contribution in [0.3, 0.4) is 0 Å². The van der Waals surface area contributed by atoms with Crippen molar-refractivity contribution in [2.75, 3.05) is 32.7 Å². The number of nitro benzene ring substituents is 1. The topological polar surface area (TPSA) is 93.0 Å². The molecule has 1 fully saturated rings.